The molecule has 3 aromatic carbocycles. The second-order valence-electron chi connectivity index (χ2n) is 5.89. The van der Waals surface area contributed by atoms with Crippen LogP contribution in [0.25, 0.3) is 0 Å². The first-order valence-corrected chi connectivity index (χ1v) is 9.73. The molecule has 0 bridgehead atoms. The van der Waals surface area contributed by atoms with Gasteiger partial charge in [0.1, 0.15) is 0 Å². The number of nitrogens with two attached hydrogens (primary N) is 1. The Bertz CT molecular complexity index is 1090. The minimum absolute atomic E-state index is 0.149. The smallest absolute Gasteiger partial charge is 0.261 e. The molecule has 8 heteroatoms. The predicted molar refractivity (Wildman–Crippen MR) is 107 cm³/mol. The fourth-order valence-electron chi connectivity index (χ4n) is 2.42. The molecular formula is C20H17N3O4S. The first kappa shape index (κ1) is 19.1. The van der Waals surface area contributed by atoms with Crippen LogP contribution in [0.15, 0.2) is 83.8 Å². The lowest BCUT2D eigenvalue weighted by Gasteiger charge is -2.09. The van der Waals surface area contributed by atoms with E-state index in [1.807, 2.05) is 0 Å². The number of rotatable bonds is 6. The molecule has 0 saturated heterocycles. The van der Waals surface area contributed by atoms with Crippen LogP contribution >= 0.6 is 0 Å². The second-order valence-corrected chi connectivity index (χ2v) is 7.57. The molecule has 0 saturated carbocycles. The highest BCUT2D eigenvalue weighted by atomic mass is 32.2. The van der Waals surface area contributed by atoms with Crippen LogP contribution in [0.1, 0.15) is 20.7 Å². The second kappa shape index (κ2) is 7.93. The average molecular weight is 395 g/mol. The van der Waals surface area contributed by atoms with Crippen molar-refractivity contribution in [2.24, 2.45) is 5.73 Å². The highest BCUT2D eigenvalue weighted by Crippen LogP contribution is 2.17. The van der Waals surface area contributed by atoms with Gasteiger partial charge in [-0.05, 0) is 60.7 Å². The molecule has 4 N–H and O–H groups in total. The summed E-state index contributed by atoms with van der Waals surface area (Å²) in [6.45, 7) is 0. The number of carbonyl (C=O) groups is 2. The van der Waals surface area contributed by atoms with Crippen LogP contribution in [0, 0.1) is 0 Å². The summed E-state index contributed by atoms with van der Waals surface area (Å²) in [6, 6.07) is 20.2. The van der Waals surface area contributed by atoms with Gasteiger partial charge in [-0.25, -0.2) is 8.42 Å². The molecule has 0 radical (unpaired) electrons. The van der Waals surface area contributed by atoms with Gasteiger partial charge in [-0.2, -0.15) is 0 Å². The fraction of sp³-hybridized carbons (Fsp3) is 0. The van der Waals surface area contributed by atoms with Gasteiger partial charge < -0.3 is 11.1 Å². The summed E-state index contributed by atoms with van der Waals surface area (Å²) in [4.78, 5) is 23.5. The van der Waals surface area contributed by atoms with Crippen LogP contribution in [0.3, 0.4) is 0 Å². The van der Waals surface area contributed by atoms with Crippen LogP contribution < -0.4 is 15.8 Å². The maximum atomic E-state index is 12.3. The molecule has 142 valence electrons. The third-order valence-electron chi connectivity index (χ3n) is 3.88. The van der Waals surface area contributed by atoms with E-state index in [-0.39, 0.29) is 10.8 Å². The summed E-state index contributed by atoms with van der Waals surface area (Å²) in [6.07, 6.45) is 0. The normalized spacial score (nSPS) is 10.9. The van der Waals surface area contributed by atoms with Gasteiger partial charge in [0.15, 0.2) is 0 Å². The van der Waals surface area contributed by atoms with Gasteiger partial charge in [0.05, 0.1) is 4.90 Å². The number of hydrogen-bond acceptors (Lipinski definition) is 4. The Hall–Kier alpha value is -3.65. The zero-order valence-electron chi connectivity index (χ0n) is 14.6. The maximum absolute atomic E-state index is 12.3. The van der Waals surface area contributed by atoms with Crippen molar-refractivity contribution in [1.29, 1.82) is 0 Å². The third-order valence-corrected chi connectivity index (χ3v) is 5.28. The predicted octanol–water partition coefficient (Wildman–Crippen LogP) is 2.84. The van der Waals surface area contributed by atoms with Crippen molar-refractivity contribution in [2.45, 2.75) is 4.90 Å². The van der Waals surface area contributed by atoms with Gasteiger partial charge >= 0.3 is 0 Å². The van der Waals surface area contributed by atoms with Crippen LogP contribution in [-0.2, 0) is 10.0 Å². The quantitative estimate of drug-likeness (QED) is 0.595. The molecule has 0 atom stereocenters. The molecule has 3 aromatic rings. The zero-order chi connectivity index (χ0) is 20.1. The van der Waals surface area contributed by atoms with Gasteiger partial charge in [0, 0.05) is 22.5 Å². The summed E-state index contributed by atoms with van der Waals surface area (Å²) >= 11 is 0. The Labute approximate surface area is 162 Å². The minimum Gasteiger partial charge on any atom is -0.366 e. The van der Waals surface area contributed by atoms with Crippen LogP contribution in [0.5, 0.6) is 0 Å². The van der Waals surface area contributed by atoms with Crippen LogP contribution in [0.4, 0.5) is 11.4 Å². The number of hydrogen-bond donors (Lipinski definition) is 3. The van der Waals surface area contributed by atoms with E-state index in [1.165, 1.54) is 48.5 Å². The number of carbonyl (C=O) groups excluding carboxylic acids is 2. The van der Waals surface area contributed by atoms with Crippen molar-refractivity contribution in [1.82, 2.24) is 0 Å². The van der Waals surface area contributed by atoms with Gasteiger partial charge in [-0.3, -0.25) is 14.3 Å². The number of primary amides is 1. The number of sulfonamides is 1. The van der Waals surface area contributed by atoms with Gasteiger partial charge in [0.25, 0.3) is 15.9 Å². The number of nitrogens with one attached hydrogen (secondary N) is 2. The number of anilines is 2. The average Bonchev–Trinajstić information content (AvgIpc) is 2.69. The molecule has 3 rings (SSSR count). The lowest BCUT2D eigenvalue weighted by molar-refractivity contribution is 0.0998. The summed E-state index contributed by atoms with van der Waals surface area (Å²) in [5.74, 6) is -0.921. The molecule has 0 aliphatic heterocycles. The largest absolute Gasteiger partial charge is 0.366 e. The molecule has 0 fully saturated rings. The van der Waals surface area contributed by atoms with E-state index in [2.05, 4.69) is 10.0 Å². The zero-order valence-corrected chi connectivity index (χ0v) is 15.4. The van der Waals surface area contributed by atoms with E-state index in [4.69, 9.17) is 5.73 Å². The summed E-state index contributed by atoms with van der Waals surface area (Å²) in [5, 5.41) is 2.69. The third kappa shape index (κ3) is 4.54. The summed E-state index contributed by atoms with van der Waals surface area (Å²) in [7, 11) is -3.69. The number of amides is 2. The molecule has 0 unspecified atom stereocenters. The van der Waals surface area contributed by atoms with Gasteiger partial charge in [-0.1, -0.05) is 18.2 Å². The van der Waals surface area contributed by atoms with Crippen molar-refractivity contribution in [3.8, 4) is 0 Å². The van der Waals surface area contributed by atoms with Gasteiger partial charge in [-0.15, -0.1) is 0 Å². The van der Waals surface area contributed by atoms with E-state index in [0.717, 1.165) is 0 Å². The Morgan fingerprint density at radius 3 is 1.82 bits per heavy atom. The van der Waals surface area contributed by atoms with E-state index in [9.17, 15) is 18.0 Å². The summed E-state index contributed by atoms with van der Waals surface area (Å²) < 4.78 is 27.1. The Morgan fingerprint density at radius 1 is 0.714 bits per heavy atom. The fourth-order valence-corrected chi connectivity index (χ4v) is 3.50. The Morgan fingerprint density at radius 2 is 1.25 bits per heavy atom. The molecule has 0 aliphatic rings. The van der Waals surface area contributed by atoms with Crippen molar-refractivity contribution >= 4 is 33.2 Å². The molecule has 28 heavy (non-hydrogen) atoms. The van der Waals surface area contributed by atoms with Crippen molar-refractivity contribution in [3.05, 3.63) is 90.0 Å². The van der Waals surface area contributed by atoms with Crippen molar-refractivity contribution < 1.29 is 18.0 Å². The Kier molecular flexibility index (Phi) is 5.42. The minimum atomic E-state index is -3.69. The first-order valence-electron chi connectivity index (χ1n) is 8.24. The monoisotopic (exact) mass is 395 g/mol. The van der Waals surface area contributed by atoms with E-state index < -0.39 is 15.9 Å². The van der Waals surface area contributed by atoms with Crippen LogP contribution in [-0.4, -0.2) is 20.2 Å². The molecule has 7 nitrogen and oxygen atoms in total. The molecule has 0 spiro atoms. The van der Waals surface area contributed by atoms with Crippen LogP contribution in [0.2, 0.25) is 0 Å². The lowest BCUT2D eigenvalue weighted by Crippen LogP contribution is -2.14. The molecular weight excluding hydrogens is 378 g/mol. The molecule has 2 amide bonds. The molecule has 0 heterocycles. The van der Waals surface area contributed by atoms with E-state index in [1.54, 1.807) is 30.3 Å². The topological polar surface area (TPSA) is 118 Å². The highest BCUT2D eigenvalue weighted by Gasteiger charge is 2.14. The van der Waals surface area contributed by atoms with Crippen molar-refractivity contribution in [3.63, 3.8) is 0 Å². The van der Waals surface area contributed by atoms with Crippen molar-refractivity contribution in [2.75, 3.05) is 10.0 Å². The van der Waals surface area contributed by atoms with E-state index in [0.29, 0.717) is 22.5 Å². The lowest BCUT2D eigenvalue weighted by atomic mass is 10.1. The SMILES string of the molecule is NC(=O)c1ccc(NC(=O)c2ccc(NS(=O)(=O)c3ccccc3)cc2)cc1. The maximum Gasteiger partial charge on any atom is 0.261 e. The number of benzene rings is 3. The van der Waals surface area contributed by atoms with E-state index >= 15 is 0 Å². The standard InChI is InChI=1S/C20H17N3O4S/c21-19(24)14-6-10-16(11-7-14)22-20(25)15-8-12-17(13-9-15)23-28(26,27)18-4-2-1-3-5-18/h1-13,23H,(H2,21,24)(H,22,25). The molecule has 0 aromatic heterocycles. The first-order chi connectivity index (χ1) is 13.3. The highest BCUT2D eigenvalue weighted by molar-refractivity contribution is 7.92. The molecule has 0 aliphatic carbocycles. The Balaban J connectivity index is 1.68. The summed E-state index contributed by atoms with van der Waals surface area (Å²) in [5.41, 5.74) is 6.71. The van der Waals surface area contributed by atoms with Gasteiger partial charge in [0.2, 0.25) is 5.91 Å².